The predicted molar refractivity (Wildman–Crippen MR) is 76.8 cm³/mol. The van der Waals surface area contributed by atoms with Crippen LogP contribution in [0.1, 0.15) is 16.3 Å². The Morgan fingerprint density at radius 2 is 2.32 bits per heavy atom. The number of aryl methyl sites for hydroxylation is 1. The molecular formula is C14H15N3OS. The van der Waals surface area contributed by atoms with Crippen LogP contribution in [-0.2, 0) is 6.42 Å². The Hall–Kier alpha value is -2.06. The average Bonchev–Trinajstić information content (AvgIpc) is 2.84. The van der Waals surface area contributed by atoms with Crippen molar-refractivity contribution >= 4 is 17.0 Å². The van der Waals surface area contributed by atoms with Gasteiger partial charge >= 0.3 is 0 Å². The van der Waals surface area contributed by atoms with Crippen LogP contribution in [-0.4, -0.2) is 18.6 Å². The fraction of sp³-hybridized carbons (Fsp3) is 0.286. The van der Waals surface area contributed by atoms with Crippen molar-refractivity contribution in [3.05, 3.63) is 39.8 Å². The molecule has 0 aliphatic heterocycles. The second-order valence-corrected chi connectivity index (χ2v) is 5.03. The fourth-order valence-electron chi connectivity index (χ4n) is 1.72. The van der Waals surface area contributed by atoms with E-state index in [2.05, 4.69) is 16.4 Å². The molecule has 0 spiro atoms. The summed E-state index contributed by atoms with van der Waals surface area (Å²) in [6, 6.07) is 7.55. The Bertz CT molecular complexity index is 601. The first-order valence-electron chi connectivity index (χ1n) is 5.96. The quantitative estimate of drug-likeness (QED) is 0.910. The van der Waals surface area contributed by atoms with Gasteiger partial charge < -0.3 is 10.1 Å². The number of aromatic nitrogens is 1. The van der Waals surface area contributed by atoms with Gasteiger partial charge in [-0.3, -0.25) is 0 Å². The number of rotatable bonds is 5. The lowest BCUT2D eigenvalue weighted by Gasteiger charge is -2.09. The monoisotopic (exact) mass is 273 g/mol. The van der Waals surface area contributed by atoms with E-state index in [1.54, 1.807) is 30.6 Å². The molecule has 2 aromatic rings. The van der Waals surface area contributed by atoms with Crippen molar-refractivity contribution in [1.29, 1.82) is 5.26 Å². The molecule has 0 amide bonds. The maximum Gasteiger partial charge on any atom is 0.121 e. The van der Waals surface area contributed by atoms with Gasteiger partial charge in [0.1, 0.15) is 11.8 Å². The summed E-state index contributed by atoms with van der Waals surface area (Å²) >= 11 is 1.66. The summed E-state index contributed by atoms with van der Waals surface area (Å²) in [6.07, 6.45) is 0.848. The van der Waals surface area contributed by atoms with E-state index < -0.39 is 0 Å². The molecule has 0 bridgehead atoms. The van der Waals surface area contributed by atoms with Gasteiger partial charge in [0.25, 0.3) is 0 Å². The second kappa shape index (κ2) is 6.21. The van der Waals surface area contributed by atoms with E-state index in [9.17, 15) is 0 Å². The molecule has 98 valence electrons. The van der Waals surface area contributed by atoms with Crippen molar-refractivity contribution in [1.82, 2.24) is 4.98 Å². The topological polar surface area (TPSA) is 57.9 Å². The molecule has 0 fully saturated rings. The molecular weight excluding hydrogens is 258 g/mol. The highest BCUT2D eigenvalue weighted by Crippen LogP contribution is 2.22. The van der Waals surface area contributed by atoms with Gasteiger partial charge in [-0.15, -0.1) is 11.3 Å². The predicted octanol–water partition coefficient (Wildman–Crippen LogP) is 2.99. The Morgan fingerprint density at radius 3 is 2.95 bits per heavy atom. The average molecular weight is 273 g/mol. The van der Waals surface area contributed by atoms with E-state index in [4.69, 9.17) is 10.00 Å². The Balaban J connectivity index is 2.00. The molecule has 4 nitrogen and oxygen atoms in total. The number of benzene rings is 1. The Morgan fingerprint density at radius 1 is 1.47 bits per heavy atom. The fourth-order valence-corrected chi connectivity index (χ4v) is 2.49. The maximum absolute atomic E-state index is 9.06. The number of methoxy groups -OCH3 is 1. The molecule has 0 aliphatic carbocycles. The summed E-state index contributed by atoms with van der Waals surface area (Å²) in [5, 5.41) is 15.5. The minimum atomic E-state index is 0.621. The second-order valence-electron chi connectivity index (χ2n) is 4.08. The van der Waals surface area contributed by atoms with E-state index in [0.717, 1.165) is 35.1 Å². The summed E-state index contributed by atoms with van der Waals surface area (Å²) in [7, 11) is 1.61. The van der Waals surface area contributed by atoms with Crippen LogP contribution >= 0.6 is 11.3 Å². The molecule has 1 aromatic carbocycles. The summed E-state index contributed by atoms with van der Waals surface area (Å²) in [6.45, 7) is 2.73. The molecule has 0 unspecified atom stereocenters. The SMILES string of the molecule is COc1ccc(C#N)c(NCCc2nc(C)cs2)c1. The lowest BCUT2D eigenvalue weighted by molar-refractivity contribution is 0.415. The van der Waals surface area contributed by atoms with Crippen molar-refractivity contribution in [2.45, 2.75) is 13.3 Å². The highest BCUT2D eigenvalue weighted by molar-refractivity contribution is 7.09. The minimum Gasteiger partial charge on any atom is -0.497 e. The van der Waals surface area contributed by atoms with Gasteiger partial charge in [-0.1, -0.05) is 0 Å². The van der Waals surface area contributed by atoms with Crippen molar-refractivity contribution in [3.63, 3.8) is 0 Å². The van der Waals surface area contributed by atoms with Crippen molar-refractivity contribution in [2.24, 2.45) is 0 Å². The van der Waals surface area contributed by atoms with E-state index >= 15 is 0 Å². The molecule has 1 heterocycles. The van der Waals surface area contributed by atoms with Crippen LogP contribution in [0.4, 0.5) is 5.69 Å². The summed E-state index contributed by atoms with van der Waals surface area (Å²) < 4.78 is 5.16. The number of hydrogen-bond donors (Lipinski definition) is 1. The molecule has 2 rings (SSSR count). The molecule has 0 saturated heterocycles. The van der Waals surface area contributed by atoms with Crippen LogP contribution in [0.5, 0.6) is 5.75 Å². The van der Waals surface area contributed by atoms with Crippen molar-refractivity contribution in [3.8, 4) is 11.8 Å². The number of anilines is 1. The highest BCUT2D eigenvalue weighted by atomic mass is 32.1. The van der Waals surface area contributed by atoms with Crippen LogP contribution < -0.4 is 10.1 Å². The number of nitrogens with one attached hydrogen (secondary N) is 1. The third-order valence-electron chi connectivity index (χ3n) is 2.67. The van der Waals surface area contributed by atoms with Gasteiger partial charge in [0.05, 0.1) is 23.4 Å². The van der Waals surface area contributed by atoms with Gasteiger partial charge in [-0.05, 0) is 19.1 Å². The van der Waals surface area contributed by atoms with E-state index in [1.807, 2.05) is 18.4 Å². The van der Waals surface area contributed by atoms with Crippen molar-refractivity contribution in [2.75, 3.05) is 19.0 Å². The minimum absolute atomic E-state index is 0.621. The molecule has 5 heteroatoms. The zero-order valence-electron chi connectivity index (χ0n) is 10.9. The molecule has 0 radical (unpaired) electrons. The zero-order chi connectivity index (χ0) is 13.7. The van der Waals surface area contributed by atoms with Gasteiger partial charge in [-0.2, -0.15) is 5.26 Å². The van der Waals surface area contributed by atoms with Crippen LogP contribution in [0.2, 0.25) is 0 Å². The standard InChI is InChI=1S/C14H15N3OS/c1-10-9-19-14(17-10)5-6-16-13-7-12(18-2)4-3-11(13)8-15/h3-4,7,9,16H,5-6H2,1-2H3. The molecule has 0 atom stereocenters. The van der Waals surface area contributed by atoms with Gasteiger partial charge in [0.2, 0.25) is 0 Å². The van der Waals surface area contributed by atoms with Gasteiger partial charge in [0, 0.05) is 30.1 Å². The first kappa shape index (κ1) is 13.4. The highest BCUT2D eigenvalue weighted by Gasteiger charge is 2.04. The number of nitrogens with zero attached hydrogens (tertiary/aromatic N) is 2. The molecule has 0 aliphatic rings. The van der Waals surface area contributed by atoms with Gasteiger partial charge in [0.15, 0.2) is 0 Å². The van der Waals surface area contributed by atoms with E-state index in [1.165, 1.54) is 0 Å². The summed E-state index contributed by atoms with van der Waals surface area (Å²) in [4.78, 5) is 4.41. The third kappa shape index (κ3) is 3.46. The largest absolute Gasteiger partial charge is 0.497 e. The molecule has 19 heavy (non-hydrogen) atoms. The van der Waals surface area contributed by atoms with Gasteiger partial charge in [-0.25, -0.2) is 4.98 Å². The first-order chi connectivity index (χ1) is 9.22. The van der Waals surface area contributed by atoms with E-state index in [0.29, 0.717) is 5.56 Å². The maximum atomic E-state index is 9.06. The van der Waals surface area contributed by atoms with Crippen LogP contribution in [0.3, 0.4) is 0 Å². The molecule has 0 saturated carbocycles. The first-order valence-corrected chi connectivity index (χ1v) is 6.84. The normalized spacial score (nSPS) is 9.95. The lowest BCUT2D eigenvalue weighted by atomic mass is 10.2. The number of nitriles is 1. The summed E-state index contributed by atoms with van der Waals surface area (Å²) in [5.74, 6) is 0.742. The lowest BCUT2D eigenvalue weighted by Crippen LogP contribution is -2.06. The molecule has 1 N–H and O–H groups in total. The zero-order valence-corrected chi connectivity index (χ0v) is 11.8. The molecule has 1 aromatic heterocycles. The smallest absolute Gasteiger partial charge is 0.121 e. The van der Waals surface area contributed by atoms with Crippen molar-refractivity contribution < 1.29 is 4.74 Å². The number of thiazole rings is 1. The Kier molecular flexibility index (Phi) is 4.37. The van der Waals surface area contributed by atoms with Crippen LogP contribution in [0.15, 0.2) is 23.6 Å². The Labute approximate surface area is 116 Å². The third-order valence-corrected chi connectivity index (χ3v) is 3.69. The van der Waals surface area contributed by atoms with Crippen LogP contribution in [0, 0.1) is 18.3 Å². The van der Waals surface area contributed by atoms with Crippen LogP contribution in [0.25, 0.3) is 0 Å². The number of ether oxygens (including phenoxy) is 1. The number of hydrogen-bond acceptors (Lipinski definition) is 5. The van der Waals surface area contributed by atoms with E-state index in [-0.39, 0.29) is 0 Å². The summed E-state index contributed by atoms with van der Waals surface area (Å²) in [5.41, 5.74) is 2.48.